The molecule has 1 atom stereocenters. The average molecular weight is 551 g/mol. The number of carboxylic acid groups (broad SMARTS) is 1. The standard InChI is InChI=1S/C21H23N7O4.C2HF3O2/c29-18-4-3-17(20(31)23-18)27-10-13-9-15(1-2-16(13)21(27)32)28-11-14(24-25-28)5-7-26-8-6-22-19(30)12-26;3-2(4,5)1(6)7/h1-2,9,11,17H,3-8,10,12H2,(H,22,30)(H,23,29,31);(H,6,7). The Kier molecular flexibility index (Phi) is 7.94. The number of fused-ring (bicyclic) bond motifs is 1. The maximum atomic E-state index is 12.8. The molecule has 16 heteroatoms. The van der Waals surface area contributed by atoms with Crippen molar-refractivity contribution < 1.29 is 42.3 Å². The third-order valence-electron chi connectivity index (χ3n) is 6.36. The number of halogens is 3. The molecule has 1 aromatic carbocycles. The van der Waals surface area contributed by atoms with Crippen LogP contribution in [-0.4, -0.2) is 97.9 Å². The molecule has 0 spiro atoms. The van der Waals surface area contributed by atoms with Gasteiger partial charge in [0.15, 0.2) is 0 Å². The fourth-order valence-corrected chi connectivity index (χ4v) is 4.40. The Hall–Kier alpha value is -4.34. The number of nitrogens with zero attached hydrogens (tertiary/aromatic N) is 5. The van der Waals surface area contributed by atoms with Crippen molar-refractivity contribution in [3.8, 4) is 5.69 Å². The highest BCUT2D eigenvalue weighted by Gasteiger charge is 2.39. The highest BCUT2D eigenvalue weighted by atomic mass is 19.4. The van der Waals surface area contributed by atoms with Crippen molar-refractivity contribution in [2.75, 3.05) is 26.2 Å². The molecule has 2 saturated heterocycles. The number of carbonyl (C=O) groups excluding carboxylic acids is 4. The van der Waals surface area contributed by atoms with Crippen molar-refractivity contribution in [2.45, 2.75) is 38.0 Å². The third kappa shape index (κ3) is 6.57. The van der Waals surface area contributed by atoms with Crippen LogP contribution in [0, 0.1) is 0 Å². The summed E-state index contributed by atoms with van der Waals surface area (Å²) >= 11 is 0. The van der Waals surface area contributed by atoms with Gasteiger partial charge in [-0.3, -0.25) is 29.4 Å². The zero-order valence-electron chi connectivity index (χ0n) is 20.4. The van der Waals surface area contributed by atoms with E-state index < -0.39 is 24.1 Å². The number of carbonyl (C=O) groups is 5. The quantitative estimate of drug-likeness (QED) is 0.421. The summed E-state index contributed by atoms with van der Waals surface area (Å²) in [7, 11) is 0. The smallest absolute Gasteiger partial charge is 0.475 e. The van der Waals surface area contributed by atoms with Crippen molar-refractivity contribution in [3.63, 3.8) is 0 Å². The fraction of sp³-hybridized carbons (Fsp3) is 0.435. The van der Waals surface area contributed by atoms with Crippen LogP contribution in [0.5, 0.6) is 0 Å². The number of alkyl halides is 3. The third-order valence-corrected chi connectivity index (χ3v) is 6.36. The predicted octanol–water partition coefficient (Wildman–Crippen LogP) is -0.364. The first-order valence-corrected chi connectivity index (χ1v) is 11.9. The van der Waals surface area contributed by atoms with E-state index in [1.807, 2.05) is 12.3 Å². The molecule has 208 valence electrons. The molecule has 2 fully saturated rings. The number of imide groups is 1. The SMILES string of the molecule is O=C(O)C(F)(F)F.O=C1CN(CCc2cn(-c3ccc4c(c3)CN(C3CCC(=O)NC3=O)C4=O)nn2)CCN1. The number of carboxylic acids is 1. The summed E-state index contributed by atoms with van der Waals surface area (Å²) in [5, 5.41) is 20.7. The summed E-state index contributed by atoms with van der Waals surface area (Å²) in [6, 6.07) is 4.79. The number of hydrogen-bond acceptors (Lipinski definition) is 8. The summed E-state index contributed by atoms with van der Waals surface area (Å²) in [5.74, 6) is -3.64. The van der Waals surface area contributed by atoms with Crippen LogP contribution in [0.2, 0.25) is 0 Å². The minimum Gasteiger partial charge on any atom is -0.475 e. The van der Waals surface area contributed by atoms with E-state index in [1.165, 1.54) is 4.90 Å². The Morgan fingerprint density at radius 3 is 2.54 bits per heavy atom. The average Bonchev–Trinajstić information content (AvgIpc) is 3.47. The molecule has 3 aliphatic rings. The Bertz CT molecular complexity index is 1310. The molecule has 5 rings (SSSR count). The molecule has 39 heavy (non-hydrogen) atoms. The van der Waals surface area contributed by atoms with Gasteiger partial charge < -0.3 is 15.3 Å². The summed E-state index contributed by atoms with van der Waals surface area (Å²) in [6.07, 6.45) is -1.99. The Morgan fingerprint density at radius 2 is 1.87 bits per heavy atom. The van der Waals surface area contributed by atoms with E-state index in [9.17, 15) is 32.3 Å². The summed E-state index contributed by atoms with van der Waals surface area (Å²) in [5.41, 5.74) is 2.96. The second kappa shape index (κ2) is 11.2. The summed E-state index contributed by atoms with van der Waals surface area (Å²) in [6.45, 7) is 2.92. The van der Waals surface area contributed by atoms with E-state index in [0.29, 0.717) is 38.0 Å². The number of benzene rings is 1. The molecule has 0 aliphatic carbocycles. The lowest BCUT2D eigenvalue weighted by Gasteiger charge is -2.29. The minimum absolute atomic E-state index is 0.0407. The van der Waals surface area contributed by atoms with Crippen LogP contribution in [-0.2, 0) is 32.1 Å². The zero-order valence-corrected chi connectivity index (χ0v) is 20.4. The first-order valence-electron chi connectivity index (χ1n) is 11.9. The van der Waals surface area contributed by atoms with Crippen LogP contribution < -0.4 is 10.6 Å². The lowest BCUT2D eigenvalue weighted by atomic mass is 10.0. The Balaban J connectivity index is 0.000000448. The van der Waals surface area contributed by atoms with Crippen molar-refractivity contribution >= 4 is 29.6 Å². The van der Waals surface area contributed by atoms with E-state index >= 15 is 0 Å². The number of nitrogens with one attached hydrogen (secondary N) is 2. The van der Waals surface area contributed by atoms with Crippen molar-refractivity contribution in [1.29, 1.82) is 0 Å². The molecule has 0 radical (unpaired) electrons. The summed E-state index contributed by atoms with van der Waals surface area (Å²) in [4.78, 5) is 60.4. The Morgan fingerprint density at radius 1 is 1.13 bits per heavy atom. The molecular formula is C23H24F3N7O6. The van der Waals surface area contributed by atoms with Crippen molar-refractivity contribution in [1.82, 2.24) is 35.4 Å². The highest BCUT2D eigenvalue weighted by molar-refractivity contribution is 6.05. The van der Waals surface area contributed by atoms with E-state index in [1.54, 1.807) is 16.8 Å². The molecule has 0 saturated carbocycles. The second-order valence-corrected chi connectivity index (χ2v) is 9.07. The fourth-order valence-electron chi connectivity index (χ4n) is 4.40. The topological polar surface area (TPSA) is 167 Å². The maximum absolute atomic E-state index is 12.8. The van der Waals surface area contributed by atoms with Gasteiger partial charge in [0.25, 0.3) is 5.91 Å². The molecule has 3 N–H and O–H groups in total. The van der Waals surface area contributed by atoms with Gasteiger partial charge in [0, 0.05) is 44.6 Å². The van der Waals surface area contributed by atoms with Gasteiger partial charge in [0.2, 0.25) is 17.7 Å². The monoisotopic (exact) mass is 551 g/mol. The van der Waals surface area contributed by atoms with E-state index in [2.05, 4.69) is 25.8 Å². The van der Waals surface area contributed by atoms with Crippen LogP contribution in [0.1, 0.15) is 34.5 Å². The van der Waals surface area contributed by atoms with Crippen LogP contribution in [0.15, 0.2) is 24.4 Å². The van der Waals surface area contributed by atoms with Gasteiger partial charge in [-0.15, -0.1) is 5.10 Å². The number of amides is 4. The number of rotatable bonds is 5. The molecular weight excluding hydrogens is 527 g/mol. The molecule has 13 nitrogen and oxygen atoms in total. The normalized spacial score (nSPS) is 19.7. The number of piperazine rings is 1. The Labute approximate surface area is 218 Å². The molecule has 3 aliphatic heterocycles. The molecule has 4 amide bonds. The van der Waals surface area contributed by atoms with Gasteiger partial charge in [0.05, 0.1) is 24.1 Å². The van der Waals surface area contributed by atoms with Crippen molar-refractivity contribution in [2.24, 2.45) is 0 Å². The van der Waals surface area contributed by atoms with E-state index in [0.717, 1.165) is 30.0 Å². The number of hydrogen-bond donors (Lipinski definition) is 3. The maximum Gasteiger partial charge on any atom is 0.490 e. The van der Waals surface area contributed by atoms with Crippen LogP contribution in [0.25, 0.3) is 5.69 Å². The largest absolute Gasteiger partial charge is 0.490 e. The van der Waals surface area contributed by atoms with Gasteiger partial charge in [-0.2, -0.15) is 13.2 Å². The number of aliphatic carboxylic acids is 1. The minimum atomic E-state index is -5.08. The van der Waals surface area contributed by atoms with Gasteiger partial charge in [0.1, 0.15) is 6.04 Å². The van der Waals surface area contributed by atoms with Gasteiger partial charge in [-0.05, 0) is 30.2 Å². The molecule has 2 aromatic rings. The zero-order chi connectivity index (χ0) is 28.3. The molecule has 0 bridgehead atoms. The van der Waals surface area contributed by atoms with Gasteiger partial charge in [-0.1, -0.05) is 5.21 Å². The van der Waals surface area contributed by atoms with E-state index in [-0.39, 0.29) is 24.1 Å². The van der Waals surface area contributed by atoms with Gasteiger partial charge >= 0.3 is 12.1 Å². The molecule has 1 unspecified atom stereocenters. The van der Waals surface area contributed by atoms with Crippen LogP contribution in [0.4, 0.5) is 13.2 Å². The summed E-state index contributed by atoms with van der Waals surface area (Å²) < 4.78 is 33.4. The predicted molar refractivity (Wildman–Crippen MR) is 124 cm³/mol. The number of aromatic nitrogens is 3. The lowest BCUT2D eigenvalue weighted by Crippen LogP contribution is -2.52. The first kappa shape index (κ1) is 27.7. The van der Waals surface area contributed by atoms with E-state index in [4.69, 9.17) is 9.90 Å². The highest BCUT2D eigenvalue weighted by Crippen LogP contribution is 2.29. The number of piperidine rings is 1. The van der Waals surface area contributed by atoms with Crippen molar-refractivity contribution in [3.05, 3.63) is 41.2 Å². The molecule has 4 heterocycles. The first-order chi connectivity index (χ1) is 18.4. The molecule has 1 aromatic heterocycles. The van der Waals surface area contributed by atoms with Crippen LogP contribution in [0.3, 0.4) is 0 Å². The van der Waals surface area contributed by atoms with Crippen LogP contribution >= 0.6 is 0 Å². The van der Waals surface area contributed by atoms with Gasteiger partial charge in [-0.25, -0.2) is 9.48 Å². The lowest BCUT2D eigenvalue weighted by molar-refractivity contribution is -0.192. The second-order valence-electron chi connectivity index (χ2n) is 9.07.